The summed E-state index contributed by atoms with van der Waals surface area (Å²) in [5.74, 6) is -1.43. The van der Waals surface area contributed by atoms with E-state index in [1.165, 1.54) is 24.3 Å². The number of nitrogens with one attached hydrogen (secondary N) is 1. The van der Waals surface area contributed by atoms with Gasteiger partial charge in [0.05, 0.1) is 12.3 Å². The Kier molecular flexibility index (Phi) is 6.58. The summed E-state index contributed by atoms with van der Waals surface area (Å²) >= 11 is 1.09. The fourth-order valence-corrected chi connectivity index (χ4v) is 4.03. The zero-order valence-electron chi connectivity index (χ0n) is 16.2. The molecule has 0 aliphatic carbocycles. The number of amides is 2. The maximum atomic E-state index is 13.0. The number of aryl methyl sites for hydroxylation is 1. The van der Waals surface area contributed by atoms with E-state index < -0.39 is 5.97 Å². The Labute approximate surface area is 171 Å². The molecule has 1 aliphatic heterocycles. The molecule has 1 aliphatic rings. The molecular formula is C20H22FN3O4S. The third kappa shape index (κ3) is 4.97. The van der Waals surface area contributed by atoms with Gasteiger partial charge in [0.25, 0.3) is 5.91 Å². The number of anilines is 1. The number of likely N-dealkylation sites (tertiary alicyclic amines) is 1. The Hall–Kier alpha value is -2.81. The van der Waals surface area contributed by atoms with E-state index in [4.69, 9.17) is 4.74 Å². The van der Waals surface area contributed by atoms with Crippen molar-refractivity contribution in [2.45, 2.75) is 26.7 Å². The zero-order valence-corrected chi connectivity index (χ0v) is 17.1. The monoisotopic (exact) mass is 419 g/mol. The van der Waals surface area contributed by atoms with Gasteiger partial charge in [-0.15, -0.1) is 0 Å². The molecule has 154 valence electrons. The van der Waals surface area contributed by atoms with Crippen LogP contribution in [0, 0.1) is 18.7 Å². The highest BCUT2D eigenvalue weighted by atomic mass is 32.1. The molecule has 0 unspecified atom stereocenters. The number of carbonyl (C=O) groups is 3. The first-order valence-corrected chi connectivity index (χ1v) is 10.2. The summed E-state index contributed by atoms with van der Waals surface area (Å²) in [4.78, 5) is 43.2. The molecule has 0 bridgehead atoms. The Morgan fingerprint density at radius 3 is 2.52 bits per heavy atom. The van der Waals surface area contributed by atoms with E-state index in [2.05, 4.69) is 10.3 Å². The van der Waals surface area contributed by atoms with Gasteiger partial charge in [-0.2, -0.15) is 0 Å². The number of benzene rings is 1. The lowest BCUT2D eigenvalue weighted by Gasteiger charge is -2.31. The van der Waals surface area contributed by atoms with Crippen LogP contribution in [0.4, 0.5) is 9.52 Å². The molecule has 0 saturated carbocycles. The van der Waals surface area contributed by atoms with Crippen LogP contribution < -0.4 is 5.32 Å². The van der Waals surface area contributed by atoms with E-state index in [0.29, 0.717) is 47.2 Å². The SMILES string of the molecule is CCOC(=O)c1sc(NC(=O)C2CCN(C(=O)c3ccc(F)cc3)CC2)nc1C. The van der Waals surface area contributed by atoms with Crippen LogP contribution in [0.1, 0.15) is 45.5 Å². The first-order valence-electron chi connectivity index (χ1n) is 9.39. The van der Waals surface area contributed by atoms with Gasteiger partial charge in [-0.05, 0) is 51.0 Å². The smallest absolute Gasteiger partial charge is 0.350 e. The second kappa shape index (κ2) is 9.13. The predicted octanol–water partition coefficient (Wildman–Crippen LogP) is 3.26. The summed E-state index contributed by atoms with van der Waals surface area (Å²) in [5.41, 5.74) is 0.947. The summed E-state index contributed by atoms with van der Waals surface area (Å²) in [6.07, 6.45) is 1.04. The average molecular weight is 419 g/mol. The minimum Gasteiger partial charge on any atom is -0.462 e. The number of thiazole rings is 1. The van der Waals surface area contributed by atoms with E-state index in [1.54, 1.807) is 18.7 Å². The maximum Gasteiger partial charge on any atom is 0.350 e. The highest BCUT2D eigenvalue weighted by Crippen LogP contribution is 2.26. The van der Waals surface area contributed by atoms with Crippen LogP contribution in [0.2, 0.25) is 0 Å². The molecule has 2 aromatic rings. The number of esters is 1. The molecule has 2 heterocycles. The van der Waals surface area contributed by atoms with E-state index in [9.17, 15) is 18.8 Å². The second-order valence-corrected chi connectivity index (χ2v) is 7.72. The van der Waals surface area contributed by atoms with Crippen LogP contribution in [0.25, 0.3) is 0 Å². The van der Waals surface area contributed by atoms with Crippen LogP contribution in [-0.4, -0.2) is 47.4 Å². The largest absolute Gasteiger partial charge is 0.462 e. The third-order valence-corrected chi connectivity index (χ3v) is 5.78. The van der Waals surface area contributed by atoms with Gasteiger partial charge >= 0.3 is 5.97 Å². The van der Waals surface area contributed by atoms with Crippen molar-refractivity contribution in [1.82, 2.24) is 9.88 Å². The lowest BCUT2D eigenvalue weighted by molar-refractivity contribution is -0.121. The summed E-state index contributed by atoms with van der Waals surface area (Å²) in [5, 5.41) is 3.13. The number of carbonyl (C=O) groups excluding carboxylic acids is 3. The highest BCUT2D eigenvalue weighted by Gasteiger charge is 2.29. The number of piperidine rings is 1. The molecule has 1 N–H and O–H groups in total. The summed E-state index contributed by atoms with van der Waals surface area (Å²) in [6, 6.07) is 5.44. The van der Waals surface area contributed by atoms with E-state index >= 15 is 0 Å². The van der Waals surface area contributed by atoms with E-state index in [1.807, 2.05) is 0 Å². The summed E-state index contributed by atoms with van der Waals surface area (Å²) in [7, 11) is 0. The average Bonchev–Trinajstić information content (AvgIpc) is 3.08. The summed E-state index contributed by atoms with van der Waals surface area (Å²) < 4.78 is 18.0. The lowest BCUT2D eigenvalue weighted by atomic mass is 9.95. The molecule has 1 saturated heterocycles. The van der Waals surface area contributed by atoms with Crippen LogP contribution in [-0.2, 0) is 9.53 Å². The number of rotatable bonds is 5. The molecular weight excluding hydrogens is 397 g/mol. The van der Waals surface area contributed by atoms with Crippen molar-refractivity contribution in [2.75, 3.05) is 25.0 Å². The van der Waals surface area contributed by atoms with Crippen LogP contribution in [0.3, 0.4) is 0 Å². The Morgan fingerprint density at radius 1 is 1.24 bits per heavy atom. The minimum absolute atomic E-state index is 0.168. The quantitative estimate of drug-likeness (QED) is 0.752. The second-order valence-electron chi connectivity index (χ2n) is 6.72. The molecule has 7 nitrogen and oxygen atoms in total. The van der Waals surface area contributed by atoms with Gasteiger partial charge in [-0.1, -0.05) is 11.3 Å². The molecule has 1 fully saturated rings. The highest BCUT2D eigenvalue weighted by molar-refractivity contribution is 7.17. The number of ether oxygens (including phenoxy) is 1. The standard InChI is InChI=1S/C20H22FN3O4S/c1-3-28-19(27)16-12(2)22-20(29-16)23-17(25)13-8-10-24(11-9-13)18(26)14-4-6-15(21)7-5-14/h4-7,13H,3,8-11H2,1-2H3,(H,22,23,25). The van der Waals surface area contributed by atoms with Gasteiger partial charge in [-0.25, -0.2) is 14.2 Å². The van der Waals surface area contributed by atoms with Gasteiger partial charge in [0.15, 0.2) is 5.13 Å². The fourth-order valence-electron chi connectivity index (χ4n) is 3.16. The molecule has 0 radical (unpaired) electrons. The minimum atomic E-state index is -0.449. The maximum absolute atomic E-state index is 13.0. The van der Waals surface area contributed by atoms with E-state index in [0.717, 1.165) is 11.3 Å². The van der Waals surface area contributed by atoms with Crippen molar-refractivity contribution in [1.29, 1.82) is 0 Å². The number of aromatic nitrogens is 1. The molecule has 1 aromatic carbocycles. The van der Waals surface area contributed by atoms with Crippen molar-refractivity contribution >= 4 is 34.3 Å². The number of hydrogen-bond acceptors (Lipinski definition) is 6. The Morgan fingerprint density at radius 2 is 1.90 bits per heavy atom. The van der Waals surface area contributed by atoms with Crippen molar-refractivity contribution < 1.29 is 23.5 Å². The molecule has 0 atom stereocenters. The number of nitrogens with zero attached hydrogens (tertiary/aromatic N) is 2. The van der Waals surface area contributed by atoms with Gasteiger partial charge in [0.2, 0.25) is 5.91 Å². The molecule has 1 aromatic heterocycles. The Balaban J connectivity index is 1.55. The first-order chi connectivity index (χ1) is 13.9. The van der Waals surface area contributed by atoms with Gasteiger partial charge in [0, 0.05) is 24.6 Å². The Bertz CT molecular complexity index is 905. The van der Waals surface area contributed by atoms with Crippen LogP contribution >= 0.6 is 11.3 Å². The van der Waals surface area contributed by atoms with E-state index in [-0.39, 0.29) is 30.2 Å². The van der Waals surface area contributed by atoms with Crippen LogP contribution in [0.15, 0.2) is 24.3 Å². The van der Waals surface area contributed by atoms with Crippen molar-refractivity contribution in [2.24, 2.45) is 5.92 Å². The van der Waals surface area contributed by atoms with Crippen LogP contribution in [0.5, 0.6) is 0 Å². The fraction of sp³-hybridized carbons (Fsp3) is 0.400. The lowest BCUT2D eigenvalue weighted by Crippen LogP contribution is -2.41. The summed E-state index contributed by atoms with van der Waals surface area (Å²) in [6.45, 7) is 4.58. The third-order valence-electron chi connectivity index (χ3n) is 4.73. The van der Waals surface area contributed by atoms with Crippen molar-refractivity contribution in [3.63, 3.8) is 0 Å². The van der Waals surface area contributed by atoms with Gasteiger partial charge < -0.3 is 15.0 Å². The molecule has 3 rings (SSSR count). The number of hydrogen-bond donors (Lipinski definition) is 1. The first kappa shape index (κ1) is 20.9. The number of halogens is 1. The van der Waals surface area contributed by atoms with Gasteiger partial charge in [-0.3, -0.25) is 9.59 Å². The molecule has 2 amide bonds. The topological polar surface area (TPSA) is 88.6 Å². The molecule has 9 heteroatoms. The van der Waals surface area contributed by atoms with Gasteiger partial charge in [0.1, 0.15) is 10.7 Å². The predicted molar refractivity (Wildman–Crippen MR) is 106 cm³/mol. The van der Waals surface area contributed by atoms with Crippen molar-refractivity contribution in [3.8, 4) is 0 Å². The zero-order chi connectivity index (χ0) is 21.0. The normalized spacial score (nSPS) is 14.5. The van der Waals surface area contributed by atoms with Crippen molar-refractivity contribution in [3.05, 3.63) is 46.2 Å². The molecule has 29 heavy (non-hydrogen) atoms. The molecule has 0 spiro atoms.